The van der Waals surface area contributed by atoms with Crippen molar-refractivity contribution < 1.29 is 0 Å². The molecule has 0 fully saturated rings. The predicted molar refractivity (Wildman–Crippen MR) is 65.5 cm³/mol. The van der Waals surface area contributed by atoms with Crippen molar-refractivity contribution in [2.45, 2.75) is 54.0 Å². The summed E-state index contributed by atoms with van der Waals surface area (Å²) in [5.41, 5.74) is 1.75. The van der Waals surface area contributed by atoms with E-state index in [0.29, 0.717) is 5.92 Å². The van der Waals surface area contributed by atoms with Crippen LogP contribution >= 0.6 is 0 Å². The molecule has 14 heavy (non-hydrogen) atoms. The highest BCUT2D eigenvalue weighted by atomic mass is 14.9. The number of hydrogen-bond acceptors (Lipinski definition) is 1. The minimum Gasteiger partial charge on any atom is -0.311 e. The Bertz CT molecular complexity index is 190. The fourth-order valence-electron chi connectivity index (χ4n) is 1.32. The quantitative estimate of drug-likeness (QED) is 0.681. The third kappa shape index (κ3) is 5.43. The molecule has 0 amide bonds. The Morgan fingerprint density at radius 2 is 1.57 bits per heavy atom. The summed E-state index contributed by atoms with van der Waals surface area (Å²) in [7, 11) is 0. The van der Waals surface area contributed by atoms with Gasteiger partial charge < -0.3 is 5.32 Å². The lowest BCUT2D eigenvalue weighted by molar-refractivity contribution is 0.367. The van der Waals surface area contributed by atoms with Gasteiger partial charge in [0, 0.05) is 12.1 Å². The molecular weight excluding hydrogens is 170 g/mol. The molecule has 0 spiro atoms. The topological polar surface area (TPSA) is 12.0 Å². The zero-order valence-corrected chi connectivity index (χ0v) is 11.0. The Hall–Kier alpha value is -0.300. The van der Waals surface area contributed by atoms with Crippen LogP contribution in [0.1, 0.15) is 48.5 Å². The van der Waals surface area contributed by atoms with Gasteiger partial charge in [-0.05, 0) is 32.1 Å². The van der Waals surface area contributed by atoms with Crippen LogP contribution in [0.4, 0.5) is 0 Å². The van der Waals surface area contributed by atoms with Gasteiger partial charge in [0.05, 0.1) is 0 Å². The molecule has 0 saturated heterocycles. The zero-order valence-electron chi connectivity index (χ0n) is 11.0. The van der Waals surface area contributed by atoms with Crippen LogP contribution in [0.2, 0.25) is 0 Å². The summed E-state index contributed by atoms with van der Waals surface area (Å²) in [5, 5.41) is 3.51. The highest BCUT2D eigenvalue weighted by Crippen LogP contribution is 2.29. The van der Waals surface area contributed by atoms with Crippen LogP contribution in [0.25, 0.3) is 0 Å². The van der Waals surface area contributed by atoms with Crippen LogP contribution in [-0.2, 0) is 0 Å². The van der Waals surface area contributed by atoms with Gasteiger partial charge in [0.25, 0.3) is 0 Å². The minimum absolute atomic E-state index is 0.201. The Kier molecular flexibility index (Phi) is 4.38. The third-order valence-electron chi connectivity index (χ3n) is 2.50. The molecule has 0 rings (SSSR count). The van der Waals surface area contributed by atoms with E-state index in [-0.39, 0.29) is 11.0 Å². The second-order valence-corrected chi connectivity index (χ2v) is 6.31. The molecule has 0 aromatic rings. The van der Waals surface area contributed by atoms with Crippen LogP contribution in [0.15, 0.2) is 12.2 Å². The average molecular weight is 197 g/mol. The second kappa shape index (κ2) is 4.48. The first-order valence-corrected chi connectivity index (χ1v) is 5.48. The first kappa shape index (κ1) is 13.7. The van der Waals surface area contributed by atoms with Gasteiger partial charge in [0.15, 0.2) is 0 Å². The highest BCUT2D eigenvalue weighted by Gasteiger charge is 2.21. The van der Waals surface area contributed by atoms with Crippen LogP contribution in [0, 0.1) is 11.3 Å². The van der Waals surface area contributed by atoms with Gasteiger partial charge in [-0.25, -0.2) is 0 Å². The SMILES string of the molecule is C=C(C(C)CNC(C)(C)C)C(C)(C)C. The standard InChI is InChI=1S/C13H27N/c1-10(9-14-13(6,7)8)11(2)12(3,4)5/h10,14H,2,9H2,1,3-8H3. The molecule has 0 heterocycles. The third-order valence-corrected chi connectivity index (χ3v) is 2.50. The minimum atomic E-state index is 0.201. The van der Waals surface area contributed by atoms with Gasteiger partial charge in [-0.1, -0.05) is 39.8 Å². The fraction of sp³-hybridized carbons (Fsp3) is 0.846. The summed E-state index contributed by atoms with van der Waals surface area (Å²) in [4.78, 5) is 0. The molecule has 1 heteroatoms. The maximum Gasteiger partial charge on any atom is 0.00967 e. The zero-order chi connectivity index (χ0) is 11.6. The summed E-state index contributed by atoms with van der Waals surface area (Å²) < 4.78 is 0. The van der Waals surface area contributed by atoms with E-state index < -0.39 is 0 Å². The lowest BCUT2D eigenvalue weighted by Gasteiger charge is -2.30. The van der Waals surface area contributed by atoms with E-state index in [1.54, 1.807) is 0 Å². The molecule has 1 atom stereocenters. The smallest absolute Gasteiger partial charge is 0.00967 e. The van der Waals surface area contributed by atoms with Crippen molar-refractivity contribution >= 4 is 0 Å². The monoisotopic (exact) mass is 197 g/mol. The van der Waals surface area contributed by atoms with Crippen LogP contribution in [-0.4, -0.2) is 12.1 Å². The molecule has 1 N–H and O–H groups in total. The summed E-state index contributed by atoms with van der Waals surface area (Å²) in [6.07, 6.45) is 0. The van der Waals surface area contributed by atoms with E-state index in [0.717, 1.165) is 6.54 Å². The number of rotatable bonds is 3. The van der Waals surface area contributed by atoms with E-state index in [2.05, 4.69) is 60.4 Å². The Morgan fingerprint density at radius 3 is 1.86 bits per heavy atom. The maximum absolute atomic E-state index is 4.19. The van der Waals surface area contributed by atoms with Crippen molar-refractivity contribution in [2.24, 2.45) is 11.3 Å². The summed E-state index contributed by atoms with van der Waals surface area (Å²) in [6, 6.07) is 0. The summed E-state index contributed by atoms with van der Waals surface area (Å²) >= 11 is 0. The molecule has 84 valence electrons. The number of hydrogen-bond donors (Lipinski definition) is 1. The van der Waals surface area contributed by atoms with Gasteiger partial charge in [-0.3, -0.25) is 0 Å². The molecule has 0 bridgehead atoms. The molecule has 0 radical (unpaired) electrons. The van der Waals surface area contributed by atoms with E-state index >= 15 is 0 Å². The van der Waals surface area contributed by atoms with Crippen molar-refractivity contribution in [1.82, 2.24) is 5.32 Å². The molecule has 0 aliphatic rings. The molecule has 0 saturated carbocycles. The summed E-state index contributed by atoms with van der Waals surface area (Å²) in [5.74, 6) is 0.536. The Balaban J connectivity index is 4.11. The Morgan fingerprint density at radius 1 is 1.14 bits per heavy atom. The van der Waals surface area contributed by atoms with Gasteiger partial charge in [-0.15, -0.1) is 0 Å². The van der Waals surface area contributed by atoms with Crippen LogP contribution in [0.5, 0.6) is 0 Å². The van der Waals surface area contributed by atoms with Crippen LogP contribution in [0.3, 0.4) is 0 Å². The first-order chi connectivity index (χ1) is 6.04. The van der Waals surface area contributed by atoms with Crippen molar-refractivity contribution in [3.05, 3.63) is 12.2 Å². The average Bonchev–Trinajstić information content (AvgIpc) is 1.95. The largest absolute Gasteiger partial charge is 0.311 e. The molecule has 0 aromatic carbocycles. The van der Waals surface area contributed by atoms with Gasteiger partial charge in [-0.2, -0.15) is 0 Å². The van der Waals surface area contributed by atoms with Gasteiger partial charge in [0.1, 0.15) is 0 Å². The highest BCUT2D eigenvalue weighted by molar-refractivity contribution is 5.09. The molecule has 0 aliphatic carbocycles. The van der Waals surface area contributed by atoms with Gasteiger partial charge in [0.2, 0.25) is 0 Å². The van der Waals surface area contributed by atoms with Crippen molar-refractivity contribution in [3.8, 4) is 0 Å². The molecular formula is C13H27N. The first-order valence-electron chi connectivity index (χ1n) is 5.48. The van der Waals surface area contributed by atoms with E-state index in [1.807, 2.05) is 0 Å². The lowest BCUT2D eigenvalue weighted by Crippen LogP contribution is -2.39. The van der Waals surface area contributed by atoms with Crippen LogP contribution < -0.4 is 5.32 Å². The van der Waals surface area contributed by atoms with Gasteiger partial charge >= 0.3 is 0 Å². The maximum atomic E-state index is 4.19. The van der Waals surface area contributed by atoms with Crippen molar-refractivity contribution in [2.75, 3.05) is 6.54 Å². The van der Waals surface area contributed by atoms with Crippen molar-refractivity contribution in [3.63, 3.8) is 0 Å². The van der Waals surface area contributed by atoms with Crippen molar-refractivity contribution in [1.29, 1.82) is 0 Å². The normalized spacial score (nSPS) is 15.4. The van der Waals surface area contributed by atoms with E-state index in [1.165, 1.54) is 5.57 Å². The fourth-order valence-corrected chi connectivity index (χ4v) is 1.32. The number of nitrogens with one attached hydrogen (secondary N) is 1. The lowest BCUT2D eigenvalue weighted by atomic mass is 9.80. The predicted octanol–water partition coefficient (Wildman–Crippen LogP) is 3.61. The molecule has 0 aliphatic heterocycles. The van der Waals surface area contributed by atoms with E-state index in [9.17, 15) is 0 Å². The Labute approximate surface area is 90.0 Å². The molecule has 1 nitrogen and oxygen atoms in total. The summed E-state index contributed by atoms with van der Waals surface area (Å²) in [6.45, 7) is 20.7. The molecule has 0 aromatic heterocycles. The second-order valence-electron chi connectivity index (χ2n) is 6.31. The molecule has 1 unspecified atom stereocenters. The van der Waals surface area contributed by atoms with E-state index in [4.69, 9.17) is 0 Å².